The molecule has 1 aromatic heterocycles. The minimum Gasteiger partial charge on any atom is -0.485 e. The molecular formula is C19H15ClN4O3S. The number of thiazole rings is 1. The molecule has 2 N–H and O–H groups in total. The number of amides is 1. The van der Waals surface area contributed by atoms with E-state index in [-0.39, 0.29) is 6.61 Å². The van der Waals surface area contributed by atoms with Crippen molar-refractivity contribution in [1.82, 2.24) is 10.4 Å². The number of anilines is 2. The first-order valence-electron chi connectivity index (χ1n) is 8.39. The van der Waals surface area contributed by atoms with Crippen LogP contribution in [-0.4, -0.2) is 29.8 Å². The summed E-state index contributed by atoms with van der Waals surface area (Å²) in [4.78, 5) is 17.1. The second-order valence-electron chi connectivity index (χ2n) is 5.76. The van der Waals surface area contributed by atoms with E-state index >= 15 is 0 Å². The molecule has 4 rings (SSSR count). The number of aromatic nitrogens is 1. The Labute approximate surface area is 170 Å². The van der Waals surface area contributed by atoms with E-state index in [2.05, 4.69) is 20.8 Å². The van der Waals surface area contributed by atoms with Crippen LogP contribution >= 0.6 is 22.9 Å². The molecule has 3 aromatic rings. The number of halogens is 1. The Morgan fingerprint density at radius 2 is 1.93 bits per heavy atom. The number of para-hydroxylation sites is 3. The van der Waals surface area contributed by atoms with Gasteiger partial charge in [0.05, 0.1) is 11.1 Å². The number of carbonyl (C=O) groups is 1. The van der Waals surface area contributed by atoms with E-state index in [1.54, 1.807) is 12.1 Å². The highest BCUT2D eigenvalue weighted by atomic mass is 35.5. The number of hydrogen-bond acceptors (Lipinski definition) is 7. The fraction of sp³-hybridized carbons (Fsp3) is 0.105. The minimum atomic E-state index is -0.778. The van der Waals surface area contributed by atoms with Gasteiger partial charge in [0.2, 0.25) is 6.10 Å². The molecule has 7 nitrogen and oxygen atoms in total. The number of benzene rings is 2. The Balaban J connectivity index is 1.35. The van der Waals surface area contributed by atoms with Crippen molar-refractivity contribution < 1.29 is 14.3 Å². The van der Waals surface area contributed by atoms with Crippen molar-refractivity contribution in [2.45, 2.75) is 6.10 Å². The van der Waals surface area contributed by atoms with E-state index < -0.39 is 12.0 Å². The summed E-state index contributed by atoms with van der Waals surface area (Å²) in [5.74, 6) is 0.735. The van der Waals surface area contributed by atoms with Gasteiger partial charge in [0.1, 0.15) is 6.61 Å². The van der Waals surface area contributed by atoms with Crippen LogP contribution in [0.15, 0.2) is 59.7 Å². The number of hydrogen-bond donors (Lipinski definition) is 2. The average molecular weight is 415 g/mol. The van der Waals surface area contributed by atoms with Crippen LogP contribution in [0.2, 0.25) is 5.15 Å². The van der Waals surface area contributed by atoms with Crippen molar-refractivity contribution in [3.05, 3.63) is 64.6 Å². The van der Waals surface area contributed by atoms with Crippen LogP contribution in [0, 0.1) is 0 Å². The standard InChI is InChI=1S/C19H15ClN4O3S/c20-17-16(28-19(23-17)22-12-6-2-1-3-7-12)10-21-24-18(25)15-11-26-13-8-4-5-9-14(13)27-15/h1-10,15H,11H2,(H,22,23)(H,24,25)/b21-10+/t15-/m0/s1. The maximum Gasteiger partial charge on any atom is 0.284 e. The fourth-order valence-electron chi connectivity index (χ4n) is 2.47. The summed E-state index contributed by atoms with van der Waals surface area (Å²) in [6.45, 7) is 0.116. The monoisotopic (exact) mass is 414 g/mol. The van der Waals surface area contributed by atoms with E-state index in [1.807, 2.05) is 42.5 Å². The molecule has 1 atom stereocenters. The molecule has 0 saturated carbocycles. The van der Waals surface area contributed by atoms with Gasteiger partial charge < -0.3 is 14.8 Å². The predicted octanol–water partition coefficient (Wildman–Crippen LogP) is 3.83. The first-order valence-corrected chi connectivity index (χ1v) is 9.58. The third-order valence-corrected chi connectivity index (χ3v) is 5.10. The van der Waals surface area contributed by atoms with Crippen LogP contribution in [0.3, 0.4) is 0 Å². The predicted molar refractivity (Wildman–Crippen MR) is 109 cm³/mol. The molecule has 1 aliphatic rings. The van der Waals surface area contributed by atoms with Crippen LogP contribution in [0.4, 0.5) is 10.8 Å². The van der Waals surface area contributed by atoms with Crippen molar-refractivity contribution in [3.8, 4) is 11.5 Å². The lowest BCUT2D eigenvalue weighted by atomic mass is 10.2. The largest absolute Gasteiger partial charge is 0.485 e. The highest BCUT2D eigenvalue weighted by Crippen LogP contribution is 2.31. The Kier molecular flexibility index (Phi) is 5.41. The average Bonchev–Trinajstić information content (AvgIpc) is 3.07. The van der Waals surface area contributed by atoms with E-state index in [4.69, 9.17) is 21.1 Å². The Morgan fingerprint density at radius 3 is 2.75 bits per heavy atom. The van der Waals surface area contributed by atoms with Crippen LogP contribution in [0.25, 0.3) is 0 Å². The highest BCUT2D eigenvalue weighted by Gasteiger charge is 2.27. The van der Waals surface area contributed by atoms with Crippen molar-refractivity contribution in [2.75, 3.05) is 11.9 Å². The van der Waals surface area contributed by atoms with Crippen LogP contribution in [0.5, 0.6) is 11.5 Å². The Morgan fingerprint density at radius 1 is 1.18 bits per heavy atom. The fourth-order valence-corrected chi connectivity index (χ4v) is 3.52. The molecular weight excluding hydrogens is 400 g/mol. The van der Waals surface area contributed by atoms with E-state index in [1.165, 1.54) is 17.6 Å². The summed E-state index contributed by atoms with van der Waals surface area (Å²) in [6, 6.07) is 16.8. The van der Waals surface area contributed by atoms with Gasteiger partial charge in [-0.1, -0.05) is 53.3 Å². The molecule has 2 heterocycles. The summed E-state index contributed by atoms with van der Waals surface area (Å²) in [5, 5.41) is 8.04. The minimum absolute atomic E-state index is 0.116. The summed E-state index contributed by atoms with van der Waals surface area (Å²) in [6.07, 6.45) is 0.672. The quantitative estimate of drug-likeness (QED) is 0.489. The second-order valence-corrected chi connectivity index (χ2v) is 7.15. The molecule has 2 aromatic carbocycles. The third kappa shape index (κ3) is 4.24. The van der Waals surface area contributed by atoms with E-state index in [0.717, 1.165) is 5.69 Å². The van der Waals surface area contributed by atoms with E-state index in [0.29, 0.717) is 26.7 Å². The van der Waals surface area contributed by atoms with Gasteiger partial charge in [0, 0.05) is 5.69 Å². The number of nitrogens with zero attached hydrogens (tertiary/aromatic N) is 2. The molecule has 1 aliphatic heterocycles. The topological polar surface area (TPSA) is 84.8 Å². The van der Waals surface area contributed by atoms with Gasteiger partial charge in [-0.25, -0.2) is 10.4 Å². The molecule has 0 radical (unpaired) electrons. The summed E-state index contributed by atoms with van der Waals surface area (Å²) in [5.41, 5.74) is 3.35. The molecule has 0 aliphatic carbocycles. The van der Waals surface area contributed by atoms with Crippen LogP contribution < -0.4 is 20.2 Å². The van der Waals surface area contributed by atoms with Crippen molar-refractivity contribution in [1.29, 1.82) is 0 Å². The summed E-state index contributed by atoms with van der Waals surface area (Å²) in [7, 11) is 0. The molecule has 0 unspecified atom stereocenters. The lowest BCUT2D eigenvalue weighted by molar-refractivity contribution is -0.130. The van der Waals surface area contributed by atoms with Crippen LogP contribution in [-0.2, 0) is 4.79 Å². The maximum absolute atomic E-state index is 12.2. The molecule has 0 spiro atoms. The zero-order valence-electron chi connectivity index (χ0n) is 14.5. The zero-order valence-corrected chi connectivity index (χ0v) is 16.0. The molecule has 1 amide bonds. The number of rotatable bonds is 5. The Bertz CT molecular complexity index is 1010. The lowest BCUT2D eigenvalue weighted by Gasteiger charge is -2.24. The maximum atomic E-state index is 12.2. The van der Waals surface area contributed by atoms with Gasteiger partial charge in [-0.15, -0.1) is 0 Å². The van der Waals surface area contributed by atoms with Gasteiger partial charge in [-0.2, -0.15) is 5.10 Å². The van der Waals surface area contributed by atoms with Gasteiger partial charge >= 0.3 is 0 Å². The SMILES string of the molecule is O=C(N/N=C/c1sc(Nc2ccccc2)nc1Cl)[C@@H]1COc2ccccc2O1. The highest BCUT2D eigenvalue weighted by molar-refractivity contribution is 7.17. The van der Waals surface area contributed by atoms with Crippen molar-refractivity contribution in [3.63, 3.8) is 0 Å². The first kappa shape index (κ1) is 18.3. The molecule has 0 bridgehead atoms. The van der Waals surface area contributed by atoms with Gasteiger partial charge in [0.15, 0.2) is 21.8 Å². The number of carbonyl (C=O) groups excluding carboxylic acids is 1. The summed E-state index contributed by atoms with van der Waals surface area (Å²) >= 11 is 7.46. The normalized spacial score (nSPS) is 15.4. The number of fused-ring (bicyclic) bond motifs is 1. The smallest absolute Gasteiger partial charge is 0.284 e. The van der Waals surface area contributed by atoms with E-state index in [9.17, 15) is 4.79 Å². The van der Waals surface area contributed by atoms with Crippen molar-refractivity contribution >= 4 is 45.9 Å². The Hall–Kier alpha value is -3.10. The lowest BCUT2D eigenvalue weighted by Crippen LogP contribution is -2.42. The zero-order chi connectivity index (χ0) is 19.3. The number of ether oxygens (including phenoxy) is 2. The van der Waals surface area contributed by atoms with Gasteiger partial charge in [-0.3, -0.25) is 4.79 Å². The number of hydrazone groups is 1. The van der Waals surface area contributed by atoms with Gasteiger partial charge in [-0.05, 0) is 24.3 Å². The first-order chi connectivity index (χ1) is 13.7. The second kappa shape index (κ2) is 8.28. The van der Waals surface area contributed by atoms with Gasteiger partial charge in [0.25, 0.3) is 5.91 Å². The van der Waals surface area contributed by atoms with Crippen molar-refractivity contribution in [2.24, 2.45) is 5.10 Å². The molecule has 0 fully saturated rings. The third-order valence-electron chi connectivity index (χ3n) is 3.79. The summed E-state index contributed by atoms with van der Waals surface area (Å²) < 4.78 is 11.2. The molecule has 9 heteroatoms. The molecule has 28 heavy (non-hydrogen) atoms. The number of nitrogens with one attached hydrogen (secondary N) is 2. The molecule has 142 valence electrons. The molecule has 0 saturated heterocycles. The van der Waals surface area contributed by atoms with Crippen LogP contribution in [0.1, 0.15) is 4.88 Å².